The van der Waals surface area contributed by atoms with Gasteiger partial charge in [-0.1, -0.05) is 36.4 Å². The first-order valence-corrected chi connectivity index (χ1v) is 7.82. The van der Waals surface area contributed by atoms with E-state index >= 15 is 0 Å². The molecule has 1 aliphatic carbocycles. The van der Waals surface area contributed by atoms with Gasteiger partial charge in [-0.3, -0.25) is 4.99 Å². The van der Waals surface area contributed by atoms with Gasteiger partial charge in [-0.15, -0.1) is 24.0 Å². The Hall–Kier alpha value is -1.56. The number of nitrogens with zero attached hydrogens (tertiary/aromatic N) is 1. The summed E-state index contributed by atoms with van der Waals surface area (Å²) in [7, 11) is 0. The summed E-state index contributed by atoms with van der Waals surface area (Å²) >= 11 is 0. The number of nitrogens with one attached hydrogen (secondary N) is 1. The average Bonchev–Trinajstić information content (AvgIpc) is 3.30. The van der Waals surface area contributed by atoms with Crippen molar-refractivity contribution in [2.75, 3.05) is 11.9 Å². The van der Waals surface area contributed by atoms with Crippen molar-refractivity contribution in [1.82, 2.24) is 0 Å². The van der Waals surface area contributed by atoms with E-state index in [0.717, 1.165) is 12.2 Å². The highest BCUT2D eigenvalue weighted by Gasteiger charge is 2.37. The standard InChI is InChI=1S/C19H23N3.HI/c1-13-8-9-17(10-14(13)2)22-19(20)21-12-16-11-18(16)15-6-4-3-5-7-15;/h3-10,16,18H,11-12H2,1-2H3,(H3,20,21,22);1H. The molecule has 122 valence electrons. The van der Waals surface area contributed by atoms with Gasteiger partial charge in [-0.2, -0.15) is 0 Å². The Morgan fingerprint density at radius 2 is 1.87 bits per heavy atom. The third-order valence-corrected chi connectivity index (χ3v) is 4.43. The van der Waals surface area contributed by atoms with Crippen LogP contribution in [0, 0.1) is 19.8 Å². The zero-order valence-corrected chi connectivity index (χ0v) is 16.0. The molecule has 23 heavy (non-hydrogen) atoms. The number of halogens is 1. The number of hydrogen-bond donors (Lipinski definition) is 2. The minimum atomic E-state index is 0. The number of anilines is 1. The Labute approximate surface area is 155 Å². The average molecular weight is 421 g/mol. The van der Waals surface area contributed by atoms with E-state index in [9.17, 15) is 0 Å². The molecule has 2 aromatic rings. The first kappa shape index (κ1) is 17.8. The molecule has 1 fully saturated rings. The number of rotatable bonds is 4. The molecule has 0 saturated heterocycles. The van der Waals surface area contributed by atoms with Gasteiger partial charge in [0.05, 0.1) is 0 Å². The molecule has 3 N–H and O–H groups in total. The van der Waals surface area contributed by atoms with E-state index in [1.54, 1.807) is 0 Å². The van der Waals surface area contributed by atoms with Gasteiger partial charge in [0.2, 0.25) is 0 Å². The maximum Gasteiger partial charge on any atom is 0.193 e. The van der Waals surface area contributed by atoms with E-state index in [2.05, 4.69) is 66.6 Å². The molecule has 0 aromatic heterocycles. The molecular weight excluding hydrogens is 397 g/mol. The number of aliphatic imine (C=N–C) groups is 1. The second-order valence-corrected chi connectivity index (χ2v) is 6.16. The van der Waals surface area contributed by atoms with Crippen LogP contribution in [-0.2, 0) is 0 Å². The quantitative estimate of drug-likeness (QED) is 0.436. The fourth-order valence-electron chi connectivity index (χ4n) is 2.78. The van der Waals surface area contributed by atoms with Crippen LogP contribution in [0.4, 0.5) is 5.69 Å². The second kappa shape index (κ2) is 7.81. The smallest absolute Gasteiger partial charge is 0.193 e. The first-order chi connectivity index (χ1) is 10.6. The van der Waals surface area contributed by atoms with E-state index in [1.165, 1.54) is 23.1 Å². The summed E-state index contributed by atoms with van der Waals surface area (Å²) in [5, 5.41) is 3.18. The van der Waals surface area contributed by atoms with Crippen molar-refractivity contribution in [3.05, 3.63) is 65.2 Å². The van der Waals surface area contributed by atoms with Crippen molar-refractivity contribution >= 4 is 35.6 Å². The molecule has 1 aliphatic rings. The molecule has 0 amide bonds. The normalized spacial score (nSPS) is 19.8. The molecule has 0 spiro atoms. The molecule has 3 nitrogen and oxygen atoms in total. The van der Waals surface area contributed by atoms with E-state index in [4.69, 9.17) is 5.73 Å². The largest absolute Gasteiger partial charge is 0.370 e. The van der Waals surface area contributed by atoms with E-state index in [-0.39, 0.29) is 24.0 Å². The van der Waals surface area contributed by atoms with Crippen molar-refractivity contribution in [2.45, 2.75) is 26.2 Å². The van der Waals surface area contributed by atoms with Crippen LogP contribution in [-0.4, -0.2) is 12.5 Å². The summed E-state index contributed by atoms with van der Waals surface area (Å²) in [4.78, 5) is 4.49. The third kappa shape index (κ3) is 4.70. The fraction of sp³-hybridized carbons (Fsp3) is 0.316. The molecule has 0 radical (unpaired) electrons. The van der Waals surface area contributed by atoms with Crippen molar-refractivity contribution in [3.63, 3.8) is 0 Å². The van der Waals surface area contributed by atoms with Crippen LogP contribution in [0.5, 0.6) is 0 Å². The van der Waals surface area contributed by atoms with E-state index in [1.807, 2.05) is 6.07 Å². The summed E-state index contributed by atoms with van der Waals surface area (Å²) in [5.41, 5.74) is 10.9. The molecular formula is C19H24IN3. The first-order valence-electron chi connectivity index (χ1n) is 7.82. The van der Waals surface area contributed by atoms with Gasteiger partial charge in [0.15, 0.2) is 5.96 Å². The second-order valence-electron chi connectivity index (χ2n) is 6.16. The lowest BCUT2D eigenvalue weighted by molar-refractivity contribution is 0.809. The van der Waals surface area contributed by atoms with Crippen LogP contribution < -0.4 is 11.1 Å². The summed E-state index contributed by atoms with van der Waals surface area (Å²) in [6, 6.07) is 16.9. The van der Waals surface area contributed by atoms with Crippen molar-refractivity contribution < 1.29 is 0 Å². The molecule has 2 aromatic carbocycles. The van der Waals surface area contributed by atoms with Gasteiger partial charge < -0.3 is 11.1 Å². The number of benzene rings is 2. The van der Waals surface area contributed by atoms with Gasteiger partial charge in [-0.25, -0.2) is 0 Å². The van der Waals surface area contributed by atoms with Crippen molar-refractivity contribution in [2.24, 2.45) is 16.6 Å². The minimum Gasteiger partial charge on any atom is -0.370 e. The van der Waals surface area contributed by atoms with Crippen molar-refractivity contribution in [3.8, 4) is 0 Å². The van der Waals surface area contributed by atoms with Crippen LogP contribution in [0.15, 0.2) is 53.5 Å². The maximum atomic E-state index is 5.99. The maximum absolute atomic E-state index is 5.99. The fourth-order valence-corrected chi connectivity index (χ4v) is 2.78. The van der Waals surface area contributed by atoms with Crippen LogP contribution >= 0.6 is 24.0 Å². The molecule has 0 aliphatic heterocycles. The van der Waals surface area contributed by atoms with Gasteiger partial charge in [0.25, 0.3) is 0 Å². The van der Waals surface area contributed by atoms with Crippen LogP contribution in [0.1, 0.15) is 29.0 Å². The molecule has 0 heterocycles. The summed E-state index contributed by atoms with van der Waals surface area (Å²) in [5.74, 6) is 1.78. The highest BCUT2D eigenvalue weighted by atomic mass is 127. The van der Waals surface area contributed by atoms with E-state index in [0.29, 0.717) is 17.8 Å². The Bertz CT molecular complexity index is 682. The zero-order valence-electron chi connectivity index (χ0n) is 13.6. The SMILES string of the molecule is Cc1ccc(NC(N)=NCC2CC2c2ccccc2)cc1C.I. The lowest BCUT2D eigenvalue weighted by atomic mass is 10.1. The lowest BCUT2D eigenvalue weighted by Gasteiger charge is -2.08. The predicted molar refractivity (Wildman–Crippen MR) is 109 cm³/mol. The minimum absolute atomic E-state index is 0. The lowest BCUT2D eigenvalue weighted by Crippen LogP contribution is -2.23. The molecule has 3 rings (SSSR count). The monoisotopic (exact) mass is 421 g/mol. The van der Waals surface area contributed by atoms with Crippen LogP contribution in [0.2, 0.25) is 0 Å². The molecule has 2 unspecified atom stereocenters. The molecule has 0 bridgehead atoms. The number of guanidine groups is 1. The topological polar surface area (TPSA) is 50.4 Å². The number of nitrogens with two attached hydrogens (primary N) is 1. The predicted octanol–water partition coefficient (Wildman–Crippen LogP) is 4.45. The number of aryl methyl sites for hydroxylation is 2. The van der Waals surface area contributed by atoms with Gasteiger partial charge in [0.1, 0.15) is 0 Å². The van der Waals surface area contributed by atoms with Gasteiger partial charge in [0, 0.05) is 12.2 Å². The number of hydrogen-bond acceptors (Lipinski definition) is 1. The Balaban J connectivity index is 0.00000192. The third-order valence-electron chi connectivity index (χ3n) is 4.43. The van der Waals surface area contributed by atoms with Crippen LogP contribution in [0.3, 0.4) is 0 Å². The Morgan fingerprint density at radius 1 is 1.13 bits per heavy atom. The summed E-state index contributed by atoms with van der Waals surface area (Å²) in [6.45, 7) is 5.00. The Morgan fingerprint density at radius 3 is 2.57 bits per heavy atom. The zero-order chi connectivity index (χ0) is 15.5. The summed E-state index contributed by atoms with van der Waals surface area (Å²) < 4.78 is 0. The molecule has 1 saturated carbocycles. The Kier molecular flexibility index (Phi) is 6.04. The highest BCUT2D eigenvalue weighted by molar-refractivity contribution is 14.0. The van der Waals surface area contributed by atoms with Crippen molar-refractivity contribution in [1.29, 1.82) is 0 Å². The van der Waals surface area contributed by atoms with Gasteiger partial charge >= 0.3 is 0 Å². The molecule has 2 atom stereocenters. The van der Waals surface area contributed by atoms with Gasteiger partial charge in [-0.05, 0) is 60.9 Å². The highest BCUT2D eigenvalue weighted by Crippen LogP contribution is 2.47. The van der Waals surface area contributed by atoms with E-state index < -0.39 is 0 Å². The summed E-state index contributed by atoms with van der Waals surface area (Å²) in [6.07, 6.45) is 1.21. The van der Waals surface area contributed by atoms with Crippen LogP contribution in [0.25, 0.3) is 0 Å². The molecule has 4 heteroatoms.